The molecule has 0 spiro atoms. The minimum Gasteiger partial charge on any atom is -0.328 e. The van der Waals surface area contributed by atoms with Crippen molar-refractivity contribution < 1.29 is 0 Å². The molecule has 64 valence electrons. The van der Waals surface area contributed by atoms with Crippen LogP contribution in [0.3, 0.4) is 0 Å². The van der Waals surface area contributed by atoms with E-state index in [9.17, 15) is 0 Å². The lowest BCUT2D eigenvalue weighted by molar-refractivity contribution is 0.271. The lowest BCUT2D eigenvalue weighted by Gasteiger charge is -2.28. The van der Waals surface area contributed by atoms with Crippen molar-refractivity contribution in [2.45, 2.75) is 25.3 Å². The van der Waals surface area contributed by atoms with Gasteiger partial charge in [-0.3, -0.25) is 0 Å². The van der Waals surface area contributed by atoms with Gasteiger partial charge in [0.2, 0.25) is 0 Å². The second-order valence-corrected chi connectivity index (χ2v) is 4.31. The predicted octanol–water partition coefficient (Wildman–Crippen LogP) is 0.675. The van der Waals surface area contributed by atoms with Gasteiger partial charge in [0.05, 0.1) is 0 Å². The maximum Gasteiger partial charge on any atom is 0.00421 e. The molecule has 1 aliphatic heterocycles. The molecule has 0 bridgehead atoms. The monoisotopic (exact) mass is 154 g/mol. The fourth-order valence-electron chi connectivity index (χ4n) is 2.70. The molecule has 0 unspecified atom stereocenters. The molecule has 2 N–H and O–H groups in total. The molecule has 0 aromatic carbocycles. The van der Waals surface area contributed by atoms with Crippen molar-refractivity contribution >= 4 is 0 Å². The zero-order valence-electron chi connectivity index (χ0n) is 7.29. The van der Waals surface area contributed by atoms with Gasteiger partial charge in [0.25, 0.3) is 0 Å². The Morgan fingerprint density at radius 3 is 2.73 bits per heavy atom. The summed E-state index contributed by atoms with van der Waals surface area (Å²) in [6.07, 6.45) is 3.90. The fourth-order valence-corrected chi connectivity index (χ4v) is 2.70. The summed E-state index contributed by atoms with van der Waals surface area (Å²) in [5.74, 6) is 1.89. The van der Waals surface area contributed by atoms with E-state index in [0.717, 1.165) is 11.8 Å². The van der Waals surface area contributed by atoms with Crippen molar-refractivity contribution in [2.24, 2.45) is 17.6 Å². The molecule has 3 atom stereocenters. The molecule has 0 aromatic heterocycles. The third-order valence-corrected chi connectivity index (χ3v) is 3.27. The van der Waals surface area contributed by atoms with E-state index in [4.69, 9.17) is 5.73 Å². The minimum atomic E-state index is 0.503. The highest BCUT2D eigenvalue weighted by Crippen LogP contribution is 2.34. The summed E-state index contributed by atoms with van der Waals surface area (Å²) in [5, 5.41) is 0. The summed E-state index contributed by atoms with van der Waals surface area (Å²) >= 11 is 0. The second kappa shape index (κ2) is 2.76. The first kappa shape index (κ1) is 7.56. The van der Waals surface area contributed by atoms with Crippen molar-refractivity contribution in [1.29, 1.82) is 0 Å². The van der Waals surface area contributed by atoms with E-state index in [0.29, 0.717) is 6.04 Å². The molecule has 1 saturated carbocycles. The predicted molar refractivity (Wildman–Crippen MR) is 46.3 cm³/mol. The average Bonchev–Trinajstić information content (AvgIpc) is 2.27. The molecule has 0 aromatic rings. The van der Waals surface area contributed by atoms with E-state index in [1.54, 1.807) is 0 Å². The van der Waals surface area contributed by atoms with Crippen LogP contribution in [0, 0.1) is 11.8 Å². The lowest BCUT2D eigenvalue weighted by atomic mass is 9.79. The van der Waals surface area contributed by atoms with Crippen LogP contribution in [0.5, 0.6) is 0 Å². The van der Waals surface area contributed by atoms with Crippen LogP contribution >= 0.6 is 0 Å². The summed E-state index contributed by atoms with van der Waals surface area (Å²) in [6, 6.07) is 0.503. The van der Waals surface area contributed by atoms with Gasteiger partial charge in [-0.1, -0.05) is 0 Å². The van der Waals surface area contributed by atoms with Crippen molar-refractivity contribution in [2.75, 3.05) is 20.1 Å². The fraction of sp³-hybridized carbons (Fsp3) is 1.00. The Bertz CT molecular complexity index is 146. The molecular formula is C9H18N2. The molecule has 2 aliphatic rings. The first-order valence-corrected chi connectivity index (χ1v) is 4.70. The molecule has 2 rings (SSSR count). The van der Waals surface area contributed by atoms with Gasteiger partial charge in [0.1, 0.15) is 0 Å². The largest absolute Gasteiger partial charge is 0.328 e. The number of fused-ring (bicyclic) bond motifs is 1. The zero-order chi connectivity index (χ0) is 7.84. The summed E-state index contributed by atoms with van der Waals surface area (Å²) in [7, 11) is 2.23. The van der Waals surface area contributed by atoms with Gasteiger partial charge >= 0.3 is 0 Å². The second-order valence-electron chi connectivity index (χ2n) is 4.31. The molecule has 0 amide bonds. The summed E-state index contributed by atoms with van der Waals surface area (Å²) < 4.78 is 0. The first-order valence-electron chi connectivity index (χ1n) is 4.70. The van der Waals surface area contributed by atoms with Crippen molar-refractivity contribution in [3.63, 3.8) is 0 Å². The highest BCUT2D eigenvalue weighted by molar-refractivity contribution is 4.89. The molecule has 2 fully saturated rings. The van der Waals surface area contributed by atoms with Gasteiger partial charge in [-0.15, -0.1) is 0 Å². The third-order valence-electron chi connectivity index (χ3n) is 3.27. The van der Waals surface area contributed by atoms with Crippen LogP contribution in [0.4, 0.5) is 0 Å². The summed E-state index contributed by atoms with van der Waals surface area (Å²) in [4.78, 5) is 2.45. The SMILES string of the molecule is CN1C[C@H]2CC[C@H](N)C[C@H]2C1. The number of nitrogens with zero attached hydrogens (tertiary/aromatic N) is 1. The van der Waals surface area contributed by atoms with Gasteiger partial charge in [-0.05, 0) is 38.1 Å². The number of hydrogen-bond acceptors (Lipinski definition) is 2. The van der Waals surface area contributed by atoms with Crippen LogP contribution in [-0.2, 0) is 0 Å². The van der Waals surface area contributed by atoms with Gasteiger partial charge < -0.3 is 10.6 Å². The van der Waals surface area contributed by atoms with Gasteiger partial charge in [0.15, 0.2) is 0 Å². The van der Waals surface area contributed by atoms with Crippen molar-refractivity contribution in [1.82, 2.24) is 4.90 Å². The van der Waals surface area contributed by atoms with E-state index in [-0.39, 0.29) is 0 Å². The molecule has 2 heteroatoms. The van der Waals surface area contributed by atoms with Crippen molar-refractivity contribution in [3.05, 3.63) is 0 Å². The van der Waals surface area contributed by atoms with Crippen LogP contribution in [0.1, 0.15) is 19.3 Å². The Morgan fingerprint density at radius 2 is 1.91 bits per heavy atom. The Balaban J connectivity index is 1.97. The third kappa shape index (κ3) is 1.42. The summed E-state index contributed by atoms with van der Waals surface area (Å²) in [5.41, 5.74) is 5.92. The van der Waals surface area contributed by atoms with Gasteiger partial charge in [0, 0.05) is 19.1 Å². The topological polar surface area (TPSA) is 29.3 Å². The first-order chi connectivity index (χ1) is 5.25. The molecule has 2 nitrogen and oxygen atoms in total. The van der Waals surface area contributed by atoms with Gasteiger partial charge in [-0.2, -0.15) is 0 Å². The standard InChI is InChI=1S/C9H18N2/c1-11-5-7-2-3-9(10)4-8(7)6-11/h7-9H,2-6,10H2,1H3/t7-,8+,9+/m1/s1. The van der Waals surface area contributed by atoms with E-state index in [1.165, 1.54) is 32.4 Å². The highest BCUT2D eigenvalue weighted by atomic mass is 15.1. The van der Waals surface area contributed by atoms with Crippen molar-refractivity contribution in [3.8, 4) is 0 Å². The van der Waals surface area contributed by atoms with E-state index in [1.807, 2.05) is 0 Å². The minimum absolute atomic E-state index is 0.503. The maximum atomic E-state index is 5.92. The number of likely N-dealkylation sites (tertiary alicyclic amines) is 1. The Kier molecular flexibility index (Phi) is 1.90. The highest BCUT2D eigenvalue weighted by Gasteiger charge is 2.34. The van der Waals surface area contributed by atoms with E-state index < -0.39 is 0 Å². The van der Waals surface area contributed by atoms with Crippen LogP contribution < -0.4 is 5.73 Å². The number of hydrogen-bond donors (Lipinski definition) is 1. The molecule has 1 aliphatic carbocycles. The Hall–Kier alpha value is -0.0800. The Labute approximate surface area is 68.7 Å². The molecule has 1 heterocycles. The average molecular weight is 154 g/mol. The van der Waals surface area contributed by atoms with Gasteiger partial charge in [-0.25, -0.2) is 0 Å². The van der Waals surface area contributed by atoms with Crippen LogP contribution in [0.25, 0.3) is 0 Å². The number of nitrogens with two attached hydrogens (primary N) is 1. The zero-order valence-corrected chi connectivity index (χ0v) is 7.29. The Morgan fingerprint density at radius 1 is 1.18 bits per heavy atom. The molecule has 1 saturated heterocycles. The molecule has 0 radical (unpaired) electrons. The smallest absolute Gasteiger partial charge is 0.00421 e. The quantitative estimate of drug-likeness (QED) is 0.556. The molecular weight excluding hydrogens is 136 g/mol. The lowest BCUT2D eigenvalue weighted by Crippen LogP contribution is -2.32. The van der Waals surface area contributed by atoms with Crippen LogP contribution in [-0.4, -0.2) is 31.1 Å². The van der Waals surface area contributed by atoms with E-state index >= 15 is 0 Å². The normalized spacial score (nSPS) is 45.8. The number of rotatable bonds is 0. The van der Waals surface area contributed by atoms with Crippen LogP contribution in [0.15, 0.2) is 0 Å². The maximum absolute atomic E-state index is 5.92. The molecule has 11 heavy (non-hydrogen) atoms. The van der Waals surface area contributed by atoms with E-state index in [2.05, 4.69) is 11.9 Å². The van der Waals surface area contributed by atoms with Crippen LogP contribution in [0.2, 0.25) is 0 Å². The summed E-state index contributed by atoms with van der Waals surface area (Å²) in [6.45, 7) is 2.61.